The van der Waals surface area contributed by atoms with Crippen molar-refractivity contribution in [3.8, 4) is 22.9 Å². The number of Topliss-reactive ketones (excluding diaryl/α,β-unsaturated/α-hetero) is 1. The number of pyridine rings is 1. The fourth-order valence-electron chi connectivity index (χ4n) is 4.03. The molecule has 3 heterocycles. The van der Waals surface area contributed by atoms with Crippen LogP contribution in [0.3, 0.4) is 0 Å². The SMILES string of the molecule is CC(Oc1cc(-n2nc(C(F)(F)F)c3c2C(=O)CCC3)cnc1F)c1ccc2c(c1)OC(F)(F)O2. The van der Waals surface area contributed by atoms with Gasteiger partial charge in [0, 0.05) is 18.1 Å². The molecule has 0 amide bonds. The van der Waals surface area contributed by atoms with Gasteiger partial charge in [0.2, 0.25) is 0 Å². The number of benzene rings is 1. The molecule has 1 aromatic carbocycles. The standard InChI is InChI=1S/C22H15F6N3O4/c1-10(11-5-6-15-16(7-11)35-22(27,28)34-15)33-17-8-12(9-29-20(17)23)31-18-13(3-2-4-14(18)32)19(30-31)21(24,25)26/h5-10H,2-4H2,1H3. The largest absolute Gasteiger partial charge is 0.586 e. The monoisotopic (exact) mass is 499 g/mol. The van der Waals surface area contributed by atoms with Gasteiger partial charge in [-0.05, 0) is 37.5 Å². The maximum Gasteiger partial charge on any atom is 0.586 e. The van der Waals surface area contributed by atoms with Gasteiger partial charge in [0.25, 0.3) is 5.95 Å². The summed E-state index contributed by atoms with van der Waals surface area (Å²) < 4.78 is 96.6. The molecule has 1 aliphatic carbocycles. The number of ketones is 1. The lowest BCUT2D eigenvalue weighted by atomic mass is 9.94. The zero-order valence-corrected chi connectivity index (χ0v) is 17.8. The van der Waals surface area contributed by atoms with Crippen molar-refractivity contribution in [3.63, 3.8) is 0 Å². The average Bonchev–Trinajstić information content (AvgIpc) is 3.31. The molecular formula is C22H15F6N3O4. The number of nitrogens with zero attached hydrogens (tertiary/aromatic N) is 3. The molecule has 1 atom stereocenters. The second-order valence-corrected chi connectivity index (χ2v) is 7.98. The molecule has 0 radical (unpaired) electrons. The Hall–Kier alpha value is -3.77. The van der Waals surface area contributed by atoms with Gasteiger partial charge in [-0.1, -0.05) is 6.07 Å². The molecule has 2 aliphatic rings. The molecule has 5 rings (SSSR count). The Morgan fingerprint density at radius 3 is 2.63 bits per heavy atom. The molecule has 3 aromatic rings. The highest BCUT2D eigenvalue weighted by molar-refractivity contribution is 5.97. The van der Waals surface area contributed by atoms with Gasteiger partial charge < -0.3 is 14.2 Å². The molecule has 184 valence electrons. The van der Waals surface area contributed by atoms with Gasteiger partial charge in [-0.25, -0.2) is 9.67 Å². The third-order valence-electron chi connectivity index (χ3n) is 5.58. The van der Waals surface area contributed by atoms with E-state index in [4.69, 9.17) is 4.74 Å². The van der Waals surface area contributed by atoms with Crippen molar-refractivity contribution in [3.05, 3.63) is 58.9 Å². The Balaban J connectivity index is 1.48. The molecule has 0 fully saturated rings. The molecule has 0 saturated heterocycles. The van der Waals surface area contributed by atoms with Gasteiger partial charge >= 0.3 is 12.5 Å². The van der Waals surface area contributed by atoms with Crippen LogP contribution in [0.4, 0.5) is 26.3 Å². The Morgan fingerprint density at radius 2 is 1.89 bits per heavy atom. The van der Waals surface area contributed by atoms with Gasteiger partial charge in [0.05, 0.1) is 11.9 Å². The average molecular weight is 499 g/mol. The van der Waals surface area contributed by atoms with E-state index in [1.165, 1.54) is 25.1 Å². The second-order valence-electron chi connectivity index (χ2n) is 7.98. The number of halogens is 6. The molecule has 0 saturated carbocycles. The number of carbonyl (C=O) groups excluding carboxylic acids is 1. The van der Waals surface area contributed by atoms with Crippen LogP contribution in [0.1, 0.15) is 53.2 Å². The summed E-state index contributed by atoms with van der Waals surface area (Å²) in [5.41, 5.74) is -1.42. The van der Waals surface area contributed by atoms with Gasteiger partial charge in [-0.2, -0.15) is 22.7 Å². The number of fused-ring (bicyclic) bond motifs is 2. The van der Waals surface area contributed by atoms with Crippen molar-refractivity contribution in [2.45, 2.75) is 44.8 Å². The molecular weight excluding hydrogens is 484 g/mol. The highest BCUT2D eigenvalue weighted by atomic mass is 19.4. The van der Waals surface area contributed by atoms with Crippen LogP contribution in [0.15, 0.2) is 30.5 Å². The van der Waals surface area contributed by atoms with Gasteiger partial charge in [0.15, 0.2) is 28.7 Å². The van der Waals surface area contributed by atoms with E-state index in [1.807, 2.05) is 0 Å². The van der Waals surface area contributed by atoms with Crippen LogP contribution in [-0.2, 0) is 12.6 Å². The quantitative estimate of drug-likeness (QED) is 0.353. The van der Waals surface area contributed by atoms with Gasteiger partial charge in [-0.3, -0.25) is 4.79 Å². The lowest BCUT2D eigenvalue weighted by molar-refractivity contribution is -0.286. The molecule has 1 unspecified atom stereocenters. The molecule has 35 heavy (non-hydrogen) atoms. The van der Waals surface area contributed by atoms with Crippen LogP contribution in [0.2, 0.25) is 0 Å². The summed E-state index contributed by atoms with van der Waals surface area (Å²) in [7, 11) is 0. The molecule has 7 nitrogen and oxygen atoms in total. The van der Waals surface area contributed by atoms with Crippen molar-refractivity contribution < 1.29 is 45.3 Å². The first-order valence-corrected chi connectivity index (χ1v) is 10.4. The molecule has 2 aromatic heterocycles. The van der Waals surface area contributed by atoms with Crippen LogP contribution in [0.5, 0.6) is 17.2 Å². The topological polar surface area (TPSA) is 75.5 Å². The third-order valence-corrected chi connectivity index (χ3v) is 5.58. The van der Waals surface area contributed by atoms with E-state index in [0.29, 0.717) is 5.56 Å². The second kappa shape index (κ2) is 7.89. The Labute approximate surface area is 193 Å². The fraction of sp³-hybridized carbons (Fsp3) is 0.318. The minimum Gasteiger partial charge on any atom is -0.481 e. The molecule has 13 heteroatoms. The summed E-state index contributed by atoms with van der Waals surface area (Å²) in [5, 5.41) is 3.60. The van der Waals surface area contributed by atoms with Crippen molar-refractivity contribution in [2.24, 2.45) is 0 Å². The maximum absolute atomic E-state index is 14.4. The van der Waals surface area contributed by atoms with Crippen molar-refractivity contribution in [2.75, 3.05) is 0 Å². The number of ether oxygens (including phenoxy) is 3. The zero-order chi connectivity index (χ0) is 25.1. The number of rotatable bonds is 4. The van der Waals surface area contributed by atoms with Crippen LogP contribution >= 0.6 is 0 Å². The van der Waals surface area contributed by atoms with Crippen LogP contribution in [0, 0.1) is 5.95 Å². The van der Waals surface area contributed by atoms with Crippen LogP contribution in [0.25, 0.3) is 5.69 Å². The zero-order valence-electron chi connectivity index (χ0n) is 17.8. The summed E-state index contributed by atoms with van der Waals surface area (Å²) in [6.45, 7) is 1.49. The Bertz CT molecular complexity index is 1340. The van der Waals surface area contributed by atoms with Crippen molar-refractivity contribution in [1.82, 2.24) is 14.8 Å². The normalized spacial score (nSPS) is 17.3. The van der Waals surface area contributed by atoms with E-state index in [1.54, 1.807) is 0 Å². The van der Waals surface area contributed by atoms with Crippen LogP contribution < -0.4 is 14.2 Å². The number of hydrogen-bond donors (Lipinski definition) is 0. The summed E-state index contributed by atoms with van der Waals surface area (Å²) in [6, 6.07) is 4.93. The number of hydrogen-bond acceptors (Lipinski definition) is 6. The molecule has 0 bridgehead atoms. The first kappa shape index (κ1) is 23.0. The van der Waals surface area contributed by atoms with E-state index < -0.39 is 41.7 Å². The minimum absolute atomic E-state index is 0.0219. The number of alkyl halides is 5. The van der Waals surface area contributed by atoms with Gasteiger partial charge in [0.1, 0.15) is 11.8 Å². The first-order chi connectivity index (χ1) is 16.4. The van der Waals surface area contributed by atoms with Crippen molar-refractivity contribution >= 4 is 5.78 Å². The summed E-state index contributed by atoms with van der Waals surface area (Å²) in [5.74, 6) is -2.46. The molecule has 0 N–H and O–H groups in total. The van der Waals surface area contributed by atoms with E-state index in [0.717, 1.165) is 16.9 Å². The lowest BCUT2D eigenvalue weighted by Gasteiger charge is -2.17. The highest BCUT2D eigenvalue weighted by Gasteiger charge is 2.44. The predicted molar refractivity (Wildman–Crippen MR) is 105 cm³/mol. The molecule has 1 aliphatic heterocycles. The van der Waals surface area contributed by atoms with Gasteiger partial charge in [-0.15, -0.1) is 8.78 Å². The number of aromatic nitrogens is 3. The summed E-state index contributed by atoms with van der Waals surface area (Å²) in [6.07, 6.45) is -8.25. The maximum atomic E-state index is 14.4. The Morgan fingerprint density at radius 1 is 1.14 bits per heavy atom. The minimum atomic E-state index is -4.79. The van der Waals surface area contributed by atoms with E-state index in [9.17, 15) is 31.1 Å². The predicted octanol–water partition coefficient (Wildman–Crippen LogP) is 5.41. The van der Waals surface area contributed by atoms with Crippen LogP contribution in [-0.4, -0.2) is 26.8 Å². The summed E-state index contributed by atoms with van der Waals surface area (Å²) >= 11 is 0. The van der Waals surface area contributed by atoms with Crippen molar-refractivity contribution in [1.29, 1.82) is 0 Å². The lowest BCUT2D eigenvalue weighted by Crippen LogP contribution is -2.25. The Kier molecular flexibility index (Phi) is 5.18. The molecule has 0 spiro atoms. The third kappa shape index (κ3) is 4.15. The number of carbonyl (C=O) groups is 1. The summed E-state index contributed by atoms with van der Waals surface area (Å²) in [4.78, 5) is 16.0. The van der Waals surface area contributed by atoms with E-state index in [2.05, 4.69) is 19.6 Å². The van der Waals surface area contributed by atoms with E-state index >= 15 is 0 Å². The smallest absolute Gasteiger partial charge is 0.481 e. The highest BCUT2D eigenvalue weighted by Crippen LogP contribution is 2.43. The van der Waals surface area contributed by atoms with E-state index in [-0.39, 0.29) is 47.7 Å². The fourth-order valence-corrected chi connectivity index (χ4v) is 4.03. The first-order valence-electron chi connectivity index (χ1n) is 10.4.